The van der Waals surface area contributed by atoms with E-state index < -0.39 is 0 Å². The zero-order valence-electron chi connectivity index (χ0n) is 8.45. The molecule has 0 aromatic carbocycles. The Morgan fingerprint density at radius 1 is 1.57 bits per heavy atom. The third kappa shape index (κ3) is 3.87. The minimum absolute atomic E-state index is 0.0148. The zero-order valence-corrected chi connectivity index (χ0v) is 12.1. The van der Waals surface area contributed by atoms with Gasteiger partial charge in [-0.05, 0) is 0 Å². The van der Waals surface area contributed by atoms with Gasteiger partial charge in [0.2, 0.25) is 0 Å². The van der Waals surface area contributed by atoms with Crippen LogP contribution in [0.5, 0.6) is 0 Å². The molecule has 0 amide bonds. The summed E-state index contributed by atoms with van der Waals surface area (Å²) in [6.45, 7) is 1.96. The molecule has 0 saturated heterocycles. The van der Waals surface area contributed by atoms with Crippen LogP contribution in [-0.4, -0.2) is 34.0 Å². The van der Waals surface area contributed by atoms with Crippen LogP contribution in [-0.2, 0) is 6.42 Å². The zero-order chi connectivity index (χ0) is 10.4. The van der Waals surface area contributed by atoms with Crippen LogP contribution in [0.1, 0.15) is 24.3 Å². The first-order valence-electron chi connectivity index (χ1n) is 4.80. The van der Waals surface area contributed by atoms with Crippen LogP contribution < -0.4 is 5.73 Å². The standard InChI is InChI=1S/C10H16NOS.Sn/c1-3-13-7-5-9-4-6-12-10(9)8(2)11;/h4,6,8H,1,3,5,7,11H2,2H3;/q;+3. The number of hydrogen-bond acceptors (Lipinski definition) is 3. The van der Waals surface area contributed by atoms with Gasteiger partial charge in [0.05, 0.1) is 0 Å². The monoisotopic (exact) mass is 318 g/mol. The normalized spacial score (nSPS) is 13.1. The van der Waals surface area contributed by atoms with Crippen molar-refractivity contribution in [1.82, 2.24) is 0 Å². The second-order valence-electron chi connectivity index (χ2n) is 3.21. The van der Waals surface area contributed by atoms with E-state index in [-0.39, 0.29) is 6.04 Å². The maximum atomic E-state index is 5.79. The van der Waals surface area contributed by atoms with E-state index in [1.54, 1.807) is 28.8 Å². The summed E-state index contributed by atoms with van der Waals surface area (Å²) in [4.78, 5) is 0. The fourth-order valence-electron chi connectivity index (χ4n) is 1.31. The molecule has 74 valence electrons. The Kier molecular flexibility index (Phi) is 6.05. The third-order valence-corrected chi connectivity index (χ3v) is 4.69. The summed E-state index contributed by atoms with van der Waals surface area (Å²) in [6.07, 6.45) is 2.82. The van der Waals surface area contributed by atoms with Gasteiger partial charge in [0.1, 0.15) is 0 Å². The molecule has 1 aromatic rings. The average molecular weight is 317 g/mol. The second-order valence-corrected chi connectivity index (χ2v) is 5.86. The molecule has 0 saturated carbocycles. The SMILES string of the molecule is CC(N)c1occc1CCSC[CH2][Sn+3]. The van der Waals surface area contributed by atoms with Crippen LogP contribution in [0.4, 0.5) is 0 Å². The van der Waals surface area contributed by atoms with Crippen molar-refractivity contribution in [2.75, 3.05) is 11.5 Å². The fourth-order valence-corrected chi connectivity index (χ4v) is 3.26. The molecule has 1 aromatic heterocycles. The average Bonchev–Trinajstić information content (AvgIpc) is 2.60. The first kappa shape index (κ1) is 12.5. The quantitative estimate of drug-likeness (QED) is 0.646. The van der Waals surface area contributed by atoms with Gasteiger partial charge in [-0.2, -0.15) is 0 Å². The Morgan fingerprint density at radius 3 is 3.00 bits per heavy atom. The van der Waals surface area contributed by atoms with E-state index in [2.05, 4.69) is 0 Å². The molecule has 2 N–H and O–H groups in total. The number of furan rings is 1. The third-order valence-electron chi connectivity index (χ3n) is 1.96. The summed E-state index contributed by atoms with van der Waals surface area (Å²) in [5.74, 6) is 3.41. The number of nitrogens with two attached hydrogens (primary N) is 1. The topological polar surface area (TPSA) is 39.2 Å². The van der Waals surface area contributed by atoms with Gasteiger partial charge in [-0.25, -0.2) is 0 Å². The molecule has 0 aliphatic rings. The molecule has 1 heterocycles. The number of aryl methyl sites for hydroxylation is 1. The van der Waals surface area contributed by atoms with Gasteiger partial charge in [0.25, 0.3) is 0 Å². The van der Waals surface area contributed by atoms with Crippen molar-refractivity contribution in [2.45, 2.75) is 23.8 Å². The Labute approximate surface area is 103 Å². The van der Waals surface area contributed by atoms with Crippen molar-refractivity contribution >= 4 is 34.3 Å². The second kappa shape index (κ2) is 6.80. The van der Waals surface area contributed by atoms with E-state index >= 15 is 0 Å². The van der Waals surface area contributed by atoms with E-state index in [0.29, 0.717) is 0 Å². The number of thioether (sulfide) groups is 1. The first-order chi connectivity index (χ1) is 6.75. The van der Waals surface area contributed by atoms with E-state index in [0.717, 1.165) is 12.2 Å². The summed E-state index contributed by atoms with van der Waals surface area (Å²) >= 11 is 3.64. The molecule has 0 radical (unpaired) electrons. The molecule has 0 fully saturated rings. The van der Waals surface area contributed by atoms with Crippen molar-refractivity contribution < 1.29 is 4.42 Å². The van der Waals surface area contributed by atoms with Gasteiger partial charge in [-0.15, -0.1) is 0 Å². The van der Waals surface area contributed by atoms with E-state index in [4.69, 9.17) is 10.2 Å². The number of hydrogen-bond donors (Lipinski definition) is 1. The molecule has 0 bridgehead atoms. The van der Waals surface area contributed by atoms with E-state index in [9.17, 15) is 0 Å². The Morgan fingerprint density at radius 2 is 2.36 bits per heavy atom. The molecule has 1 unspecified atom stereocenters. The summed E-state index contributed by atoms with van der Waals surface area (Å²) in [7, 11) is 0. The fraction of sp³-hybridized carbons (Fsp3) is 0.600. The molecule has 1 rings (SSSR count). The van der Waals surface area contributed by atoms with Crippen LogP contribution in [0, 0.1) is 0 Å². The summed E-state index contributed by atoms with van der Waals surface area (Å²) < 4.78 is 6.69. The van der Waals surface area contributed by atoms with Crippen molar-refractivity contribution in [2.24, 2.45) is 5.73 Å². The Balaban J connectivity index is 2.38. The summed E-state index contributed by atoms with van der Waals surface area (Å²) in [5, 5.41) is 0. The van der Waals surface area contributed by atoms with E-state index in [1.807, 2.05) is 24.8 Å². The summed E-state index contributed by atoms with van der Waals surface area (Å²) in [5.41, 5.74) is 7.07. The van der Waals surface area contributed by atoms with Crippen LogP contribution in [0.15, 0.2) is 16.7 Å². The molecular weight excluding hydrogens is 301 g/mol. The first-order valence-corrected chi connectivity index (χ1v) is 7.97. The molecule has 14 heavy (non-hydrogen) atoms. The van der Waals surface area contributed by atoms with Crippen LogP contribution >= 0.6 is 11.8 Å². The van der Waals surface area contributed by atoms with Crippen molar-refractivity contribution in [3.05, 3.63) is 23.7 Å². The maximum absolute atomic E-state index is 5.79. The minimum atomic E-state index is 0.0148. The van der Waals surface area contributed by atoms with Crippen molar-refractivity contribution in [3.8, 4) is 0 Å². The molecule has 0 aliphatic carbocycles. The predicted octanol–water partition coefficient (Wildman–Crippen LogP) is 2.16. The molecule has 0 aliphatic heterocycles. The van der Waals surface area contributed by atoms with Crippen molar-refractivity contribution in [3.63, 3.8) is 0 Å². The molecule has 1 atom stereocenters. The van der Waals surface area contributed by atoms with Gasteiger partial charge < -0.3 is 0 Å². The Hall–Kier alpha value is 0.389. The van der Waals surface area contributed by atoms with Crippen LogP contribution in [0.2, 0.25) is 4.44 Å². The summed E-state index contributed by atoms with van der Waals surface area (Å²) in [6, 6.07) is 2.05. The molecule has 2 nitrogen and oxygen atoms in total. The van der Waals surface area contributed by atoms with Gasteiger partial charge in [-0.3, -0.25) is 0 Å². The van der Waals surface area contributed by atoms with Gasteiger partial charge in [-0.1, -0.05) is 0 Å². The molecular formula is C10H16NOSSn+3. The predicted molar refractivity (Wildman–Crippen MR) is 62.9 cm³/mol. The van der Waals surface area contributed by atoms with Gasteiger partial charge >= 0.3 is 103 Å². The van der Waals surface area contributed by atoms with Crippen molar-refractivity contribution in [1.29, 1.82) is 0 Å². The van der Waals surface area contributed by atoms with E-state index in [1.165, 1.54) is 21.5 Å². The molecule has 4 heteroatoms. The van der Waals surface area contributed by atoms with Gasteiger partial charge in [0.15, 0.2) is 0 Å². The number of rotatable bonds is 6. The Bertz CT molecular complexity index is 262. The van der Waals surface area contributed by atoms with Crippen LogP contribution in [0.3, 0.4) is 0 Å². The molecule has 0 spiro atoms. The van der Waals surface area contributed by atoms with Gasteiger partial charge in [0, 0.05) is 0 Å². The van der Waals surface area contributed by atoms with Crippen LogP contribution in [0.25, 0.3) is 0 Å².